The molecular formula is C13H14PSb. The van der Waals surface area contributed by atoms with Crippen molar-refractivity contribution in [2.24, 2.45) is 0 Å². The van der Waals surface area contributed by atoms with Crippen molar-refractivity contribution < 1.29 is 0 Å². The van der Waals surface area contributed by atoms with E-state index in [-0.39, 0.29) is 7.92 Å². The Bertz CT molecular complexity index is 360. The molecule has 2 aromatic carbocycles. The summed E-state index contributed by atoms with van der Waals surface area (Å²) in [5.74, 6) is 0. The molecule has 0 aliphatic heterocycles. The molecule has 0 amide bonds. The van der Waals surface area contributed by atoms with E-state index in [2.05, 4.69) is 60.7 Å². The molecule has 0 radical (unpaired) electrons. The number of hydrogen-bond acceptors (Lipinski definition) is 0. The SMILES string of the molecule is [SbH2][CH2]P(c1ccccc1)c1ccccc1. The van der Waals surface area contributed by atoms with Gasteiger partial charge in [0.15, 0.2) is 0 Å². The molecule has 0 aliphatic carbocycles. The van der Waals surface area contributed by atoms with Crippen LogP contribution in [0.1, 0.15) is 0 Å². The van der Waals surface area contributed by atoms with Crippen LogP contribution >= 0.6 is 7.92 Å². The predicted molar refractivity (Wildman–Crippen MR) is 72.5 cm³/mol. The molecule has 2 aromatic rings. The molecule has 0 nitrogen and oxygen atoms in total. The molecule has 0 saturated heterocycles. The van der Waals surface area contributed by atoms with Crippen LogP contribution in [0.3, 0.4) is 0 Å². The minimum atomic E-state index is -0.0909. The molecule has 0 saturated carbocycles. The van der Waals surface area contributed by atoms with Gasteiger partial charge in [-0.05, 0) is 0 Å². The third kappa shape index (κ3) is 2.83. The maximum absolute atomic E-state index is 2.26. The third-order valence-corrected chi connectivity index (χ3v) is 7.65. The Morgan fingerprint density at radius 2 is 1.13 bits per heavy atom. The Balaban J connectivity index is 2.34. The number of hydrogen-bond donors (Lipinski definition) is 0. The van der Waals surface area contributed by atoms with E-state index >= 15 is 0 Å². The Hall–Kier alpha value is -0.312. The summed E-state index contributed by atoms with van der Waals surface area (Å²) in [6.07, 6.45) is 0. The fourth-order valence-corrected chi connectivity index (χ4v) is 6.97. The van der Waals surface area contributed by atoms with E-state index in [0.717, 1.165) is 0 Å². The first-order valence-electron chi connectivity index (χ1n) is 4.99. The zero-order valence-corrected chi connectivity index (χ0v) is 12.7. The van der Waals surface area contributed by atoms with Gasteiger partial charge >= 0.3 is 106 Å². The van der Waals surface area contributed by atoms with E-state index in [1.165, 1.54) is 37.7 Å². The first-order chi connectivity index (χ1) is 7.42. The maximum atomic E-state index is 2.26. The van der Waals surface area contributed by atoms with Crippen LogP contribution in [0.5, 0.6) is 0 Å². The van der Waals surface area contributed by atoms with Crippen molar-refractivity contribution in [2.45, 2.75) is 0 Å². The van der Waals surface area contributed by atoms with Gasteiger partial charge in [-0.1, -0.05) is 0 Å². The molecule has 0 heterocycles. The van der Waals surface area contributed by atoms with Gasteiger partial charge in [-0.2, -0.15) is 0 Å². The topological polar surface area (TPSA) is 0 Å². The molecule has 2 rings (SSSR count). The van der Waals surface area contributed by atoms with Crippen LogP contribution in [0.15, 0.2) is 60.7 Å². The van der Waals surface area contributed by atoms with Crippen molar-refractivity contribution in [1.29, 1.82) is 0 Å². The van der Waals surface area contributed by atoms with Gasteiger partial charge in [-0.3, -0.25) is 0 Å². The molecule has 0 N–H and O–H groups in total. The molecular weight excluding hydrogens is 309 g/mol. The van der Waals surface area contributed by atoms with Crippen LogP contribution < -0.4 is 10.6 Å². The van der Waals surface area contributed by atoms with Crippen LogP contribution in [0.25, 0.3) is 0 Å². The zero-order chi connectivity index (χ0) is 10.5. The summed E-state index contributed by atoms with van der Waals surface area (Å²) in [6.45, 7) is 0. The van der Waals surface area contributed by atoms with Gasteiger partial charge in [0, 0.05) is 0 Å². The molecule has 0 bridgehead atoms. The monoisotopic (exact) mass is 322 g/mol. The molecule has 0 fully saturated rings. The van der Waals surface area contributed by atoms with E-state index < -0.39 is 0 Å². The van der Waals surface area contributed by atoms with Crippen molar-refractivity contribution in [2.75, 3.05) is 4.11 Å². The van der Waals surface area contributed by atoms with Crippen LogP contribution in [-0.2, 0) is 0 Å². The summed E-state index contributed by atoms with van der Waals surface area (Å²) in [6, 6.07) is 21.8. The molecule has 2 heteroatoms. The standard InChI is InChI=1S/C13H12P.Sb.2H/c1-14(12-8-4-2-5-9-12)13-10-6-3-7-11-13;;;/h2-11H,1H2;;;. The summed E-state index contributed by atoms with van der Waals surface area (Å²) in [7, 11) is -0.0909. The Kier molecular flexibility index (Phi) is 4.24. The van der Waals surface area contributed by atoms with E-state index in [4.69, 9.17) is 0 Å². The Morgan fingerprint density at radius 3 is 1.47 bits per heavy atom. The van der Waals surface area contributed by atoms with E-state index in [0.29, 0.717) is 0 Å². The summed E-state index contributed by atoms with van der Waals surface area (Å²) in [5.41, 5.74) is 0. The van der Waals surface area contributed by atoms with Gasteiger partial charge in [0.25, 0.3) is 0 Å². The fourth-order valence-electron chi connectivity index (χ4n) is 1.58. The summed E-state index contributed by atoms with van der Waals surface area (Å²) in [4.78, 5) is 0. The average Bonchev–Trinajstić information content (AvgIpc) is 2.33. The summed E-state index contributed by atoms with van der Waals surface area (Å²) < 4.78 is 1.34. The second kappa shape index (κ2) is 5.69. The quantitative estimate of drug-likeness (QED) is 0.596. The molecule has 15 heavy (non-hydrogen) atoms. The van der Waals surface area contributed by atoms with Crippen LogP contribution in [0.2, 0.25) is 0 Å². The van der Waals surface area contributed by atoms with Crippen molar-refractivity contribution >= 4 is 41.6 Å². The number of rotatable bonds is 3. The zero-order valence-electron chi connectivity index (χ0n) is 8.51. The van der Waals surface area contributed by atoms with Gasteiger partial charge in [-0.15, -0.1) is 0 Å². The Morgan fingerprint density at radius 1 is 0.733 bits per heavy atom. The van der Waals surface area contributed by atoms with Crippen molar-refractivity contribution in [3.8, 4) is 0 Å². The normalized spacial score (nSPS) is 10.5. The Labute approximate surface area is 106 Å². The van der Waals surface area contributed by atoms with Gasteiger partial charge in [0.1, 0.15) is 0 Å². The van der Waals surface area contributed by atoms with Gasteiger partial charge in [-0.25, -0.2) is 0 Å². The van der Waals surface area contributed by atoms with Crippen molar-refractivity contribution in [3.05, 3.63) is 60.7 Å². The second-order valence-electron chi connectivity index (χ2n) is 3.28. The molecule has 0 aromatic heterocycles. The first-order valence-corrected chi connectivity index (χ1v) is 8.85. The minimum absolute atomic E-state index is 0.0909. The molecule has 0 spiro atoms. The average molecular weight is 323 g/mol. The third-order valence-electron chi connectivity index (χ3n) is 2.32. The fraction of sp³-hybridized carbons (Fsp3) is 0.0769. The van der Waals surface area contributed by atoms with Crippen LogP contribution in [0, 0.1) is 0 Å². The predicted octanol–water partition coefficient (Wildman–Crippen LogP) is 1.71. The molecule has 0 unspecified atom stereocenters. The summed E-state index contributed by atoms with van der Waals surface area (Å²) in [5, 5.41) is 3.01. The molecule has 0 atom stereocenters. The van der Waals surface area contributed by atoms with Crippen LogP contribution in [-0.4, -0.2) is 27.1 Å². The van der Waals surface area contributed by atoms with Crippen LogP contribution in [0.4, 0.5) is 0 Å². The molecule has 0 aliphatic rings. The number of benzene rings is 2. The van der Waals surface area contributed by atoms with Gasteiger partial charge in [0.05, 0.1) is 0 Å². The van der Waals surface area contributed by atoms with Crippen molar-refractivity contribution in [1.82, 2.24) is 0 Å². The molecule has 76 valence electrons. The van der Waals surface area contributed by atoms with Gasteiger partial charge in [0.2, 0.25) is 0 Å². The summed E-state index contributed by atoms with van der Waals surface area (Å²) >= 11 is 1.33. The van der Waals surface area contributed by atoms with Gasteiger partial charge < -0.3 is 0 Å². The van der Waals surface area contributed by atoms with E-state index in [1.54, 1.807) is 0 Å². The van der Waals surface area contributed by atoms with E-state index in [9.17, 15) is 0 Å². The second-order valence-corrected chi connectivity index (χ2v) is 8.66. The first kappa shape index (κ1) is 11.2. The van der Waals surface area contributed by atoms with Crippen molar-refractivity contribution in [3.63, 3.8) is 0 Å². The van der Waals surface area contributed by atoms with E-state index in [1.807, 2.05) is 0 Å².